The normalized spacial score (nSPS) is 13.2. The van der Waals surface area contributed by atoms with Gasteiger partial charge in [0.1, 0.15) is 0 Å². The van der Waals surface area contributed by atoms with Crippen LogP contribution in [-0.4, -0.2) is 40.6 Å². The second kappa shape index (κ2) is 8.99. The van der Waals surface area contributed by atoms with Crippen molar-refractivity contribution in [1.29, 1.82) is 0 Å². The number of hydrogen-bond acceptors (Lipinski definition) is 4. The largest absolute Gasteiger partial charge is 0.321 e. The molecule has 1 aliphatic rings. The van der Waals surface area contributed by atoms with Crippen molar-refractivity contribution in [2.24, 2.45) is 0 Å². The molecule has 0 spiro atoms. The van der Waals surface area contributed by atoms with E-state index in [1.807, 2.05) is 18.2 Å². The lowest BCUT2D eigenvalue weighted by Crippen LogP contribution is -2.25. The van der Waals surface area contributed by atoms with E-state index in [0.717, 1.165) is 49.5 Å². The summed E-state index contributed by atoms with van der Waals surface area (Å²) in [5.41, 5.74) is 4.55. The number of amides is 1. The van der Waals surface area contributed by atoms with Crippen molar-refractivity contribution in [1.82, 2.24) is 20.4 Å². The second-order valence-corrected chi connectivity index (χ2v) is 6.07. The number of rotatable bonds is 6. The first-order chi connectivity index (χ1) is 11.7. The Labute approximate surface area is 154 Å². The van der Waals surface area contributed by atoms with Gasteiger partial charge >= 0.3 is 0 Å². The molecule has 2 aromatic rings. The highest BCUT2D eigenvalue weighted by atomic mass is 35.5. The van der Waals surface area contributed by atoms with E-state index < -0.39 is 0 Å². The van der Waals surface area contributed by atoms with E-state index >= 15 is 0 Å². The number of nitrogens with one attached hydrogen (secondary N) is 3. The monoisotopic (exact) mass is 363 g/mol. The number of hydrogen-bond donors (Lipinski definition) is 3. The van der Waals surface area contributed by atoms with E-state index in [2.05, 4.69) is 45.6 Å². The summed E-state index contributed by atoms with van der Waals surface area (Å²) in [7, 11) is 0. The van der Waals surface area contributed by atoms with Crippen molar-refractivity contribution in [2.45, 2.75) is 33.4 Å². The zero-order valence-electron chi connectivity index (χ0n) is 14.8. The molecule has 0 bridgehead atoms. The van der Waals surface area contributed by atoms with Crippen molar-refractivity contribution in [3.63, 3.8) is 0 Å². The number of aromatic amines is 1. The Morgan fingerprint density at radius 2 is 2.12 bits per heavy atom. The van der Waals surface area contributed by atoms with Crippen LogP contribution in [0.5, 0.6) is 0 Å². The van der Waals surface area contributed by atoms with Crippen molar-refractivity contribution < 1.29 is 4.79 Å². The SMILES string of the molecule is CCN(CC)Cc1cccc(NC(=O)c2n[nH]c3c2CNCC3)c1.Cl. The number of H-pyrrole nitrogens is 1. The zero-order chi connectivity index (χ0) is 16.9. The summed E-state index contributed by atoms with van der Waals surface area (Å²) in [4.78, 5) is 14.9. The summed E-state index contributed by atoms with van der Waals surface area (Å²) in [6.07, 6.45) is 0.884. The maximum Gasteiger partial charge on any atom is 0.276 e. The molecule has 0 saturated heterocycles. The quantitative estimate of drug-likeness (QED) is 0.737. The Morgan fingerprint density at radius 3 is 2.88 bits per heavy atom. The van der Waals surface area contributed by atoms with Gasteiger partial charge in [0.25, 0.3) is 5.91 Å². The smallest absolute Gasteiger partial charge is 0.276 e. The fourth-order valence-electron chi connectivity index (χ4n) is 3.06. The molecule has 0 radical (unpaired) electrons. The number of carbonyl (C=O) groups excluding carboxylic acids is 1. The Morgan fingerprint density at radius 1 is 1.32 bits per heavy atom. The molecule has 0 atom stereocenters. The highest BCUT2D eigenvalue weighted by Gasteiger charge is 2.21. The van der Waals surface area contributed by atoms with Gasteiger partial charge in [0.05, 0.1) is 0 Å². The molecule has 0 unspecified atom stereocenters. The Kier molecular flexibility index (Phi) is 6.99. The van der Waals surface area contributed by atoms with Crippen LogP contribution < -0.4 is 10.6 Å². The molecule has 2 heterocycles. The Bertz CT molecular complexity index is 711. The standard InChI is InChI=1S/C18H25N5O.ClH/c1-3-23(4-2)12-13-6-5-7-14(10-13)20-18(24)17-15-11-19-9-8-16(15)21-22-17;/h5-7,10,19H,3-4,8-9,11-12H2,1-2H3,(H,20,24)(H,21,22);1H. The van der Waals surface area contributed by atoms with Crippen LogP contribution in [0, 0.1) is 0 Å². The zero-order valence-corrected chi connectivity index (χ0v) is 15.6. The van der Waals surface area contributed by atoms with Crippen LogP contribution in [0.4, 0.5) is 5.69 Å². The Hall–Kier alpha value is -1.89. The van der Waals surface area contributed by atoms with Gasteiger partial charge in [-0.05, 0) is 30.8 Å². The molecule has 6 nitrogen and oxygen atoms in total. The number of anilines is 1. The predicted octanol–water partition coefficient (Wildman–Crippen LogP) is 2.57. The highest BCUT2D eigenvalue weighted by molar-refractivity contribution is 6.04. The van der Waals surface area contributed by atoms with Crippen LogP contribution in [0.25, 0.3) is 0 Å². The van der Waals surface area contributed by atoms with E-state index in [4.69, 9.17) is 0 Å². The minimum atomic E-state index is -0.156. The topological polar surface area (TPSA) is 73.0 Å². The molecule has 136 valence electrons. The van der Waals surface area contributed by atoms with Crippen molar-refractivity contribution in [3.05, 3.63) is 46.8 Å². The maximum atomic E-state index is 12.6. The first kappa shape index (κ1) is 19.4. The van der Waals surface area contributed by atoms with Crippen LogP contribution in [0.15, 0.2) is 24.3 Å². The molecule has 0 aliphatic carbocycles. The summed E-state index contributed by atoms with van der Waals surface area (Å²) >= 11 is 0. The molecule has 1 amide bonds. The van der Waals surface area contributed by atoms with Gasteiger partial charge < -0.3 is 10.6 Å². The molecule has 1 aliphatic heterocycles. The molecular weight excluding hydrogens is 338 g/mol. The number of halogens is 1. The van der Waals surface area contributed by atoms with Crippen LogP contribution in [-0.2, 0) is 19.5 Å². The summed E-state index contributed by atoms with van der Waals surface area (Å²) < 4.78 is 0. The fraction of sp³-hybridized carbons (Fsp3) is 0.444. The predicted molar refractivity (Wildman–Crippen MR) is 102 cm³/mol. The molecule has 1 aromatic heterocycles. The average molecular weight is 364 g/mol. The number of carbonyl (C=O) groups is 1. The summed E-state index contributed by atoms with van der Waals surface area (Å²) in [6, 6.07) is 8.03. The van der Waals surface area contributed by atoms with Gasteiger partial charge in [-0.2, -0.15) is 5.10 Å². The summed E-state index contributed by atoms with van der Waals surface area (Å²) in [5.74, 6) is -0.156. The van der Waals surface area contributed by atoms with Gasteiger partial charge in [-0.25, -0.2) is 0 Å². The van der Waals surface area contributed by atoms with Crippen molar-refractivity contribution in [2.75, 3.05) is 25.0 Å². The van der Waals surface area contributed by atoms with Gasteiger partial charge in [-0.1, -0.05) is 26.0 Å². The van der Waals surface area contributed by atoms with Gasteiger partial charge in [0.2, 0.25) is 0 Å². The fourth-order valence-corrected chi connectivity index (χ4v) is 3.06. The lowest BCUT2D eigenvalue weighted by molar-refractivity contribution is 0.102. The van der Waals surface area contributed by atoms with Crippen molar-refractivity contribution >= 4 is 24.0 Å². The van der Waals surface area contributed by atoms with Gasteiger partial charge in [0, 0.05) is 43.0 Å². The number of nitrogens with zero attached hydrogens (tertiary/aromatic N) is 2. The minimum Gasteiger partial charge on any atom is -0.321 e. The highest BCUT2D eigenvalue weighted by Crippen LogP contribution is 2.18. The number of aromatic nitrogens is 2. The van der Waals surface area contributed by atoms with Crippen LogP contribution in [0.3, 0.4) is 0 Å². The molecule has 7 heteroatoms. The number of fused-ring (bicyclic) bond motifs is 1. The molecule has 1 aromatic carbocycles. The summed E-state index contributed by atoms with van der Waals surface area (Å²) in [5, 5.41) is 13.5. The van der Waals surface area contributed by atoms with Crippen molar-refractivity contribution in [3.8, 4) is 0 Å². The summed E-state index contributed by atoms with van der Waals surface area (Å²) in [6.45, 7) is 8.84. The third-order valence-electron chi connectivity index (χ3n) is 4.51. The third kappa shape index (κ3) is 4.60. The van der Waals surface area contributed by atoms with Gasteiger partial charge in [-0.3, -0.25) is 14.8 Å². The lowest BCUT2D eigenvalue weighted by Gasteiger charge is -2.18. The molecule has 3 rings (SSSR count). The van der Waals surface area contributed by atoms with Crippen LogP contribution >= 0.6 is 12.4 Å². The molecular formula is C18H26ClN5O. The first-order valence-corrected chi connectivity index (χ1v) is 8.60. The van der Waals surface area contributed by atoms with E-state index in [1.54, 1.807) is 0 Å². The van der Waals surface area contributed by atoms with Gasteiger partial charge in [0.15, 0.2) is 5.69 Å². The van der Waals surface area contributed by atoms with E-state index in [1.165, 1.54) is 5.56 Å². The van der Waals surface area contributed by atoms with E-state index in [-0.39, 0.29) is 18.3 Å². The van der Waals surface area contributed by atoms with Crippen LogP contribution in [0.1, 0.15) is 41.2 Å². The molecule has 0 fully saturated rings. The second-order valence-electron chi connectivity index (χ2n) is 6.07. The third-order valence-corrected chi connectivity index (χ3v) is 4.51. The van der Waals surface area contributed by atoms with E-state index in [0.29, 0.717) is 12.2 Å². The average Bonchev–Trinajstić information content (AvgIpc) is 3.04. The molecule has 3 N–H and O–H groups in total. The van der Waals surface area contributed by atoms with Gasteiger partial charge in [-0.15, -0.1) is 12.4 Å². The number of benzene rings is 1. The van der Waals surface area contributed by atoms with E-state index in [9.17, 15) is 4.79 Å². The Balaban J connectivity index is 0.00000225. The maximum absolute atomic E-state index is 12.6. The minimum absolute atomic E-state index is 0. The van der Waals surface area contributed by atoms with Crippen LogP contribution in [0.2, 0.25) is 0 Å². The lowest BCUT2D eigenvalue weighted by atomic mass is 10.1. The molecule has 0 saturated carbocycles. The molecule has 25 heavy (non-hydrogen) atoms. The first-order valence-electron chi connectivity index (χ1n) is 8.60.